The van der Waals surface area contributed by atoms with Gasteiger partial charge in [-0.15, -0.1) is 0 Å². The van der Waals surface area contributed by atoms with E-state index in [0.29, 0.717) is 54.4 Å². The number of esters is 1. The zero-order valence-electron chi connectivity index (χ0n) is 25.3. The third-order valence-corrected chi connectivity index (χ3v) is 7.50. The van der Waals surface area contributed by atoms with Crippen LogP contribution in [0.4, 0.5) is 5.69 Å². The maximum Gasteiger partial charge on any atom is 0.328 e. The molecule has 0 aliphatic carbocycles. The average molecular weight is 602 g/mol. The second-order valence-electron chi connectivity index (χ2n) is 10.4. The number of ether oxygens (including phenoxy) is 2. The molecule has 1 atom stereocenters. The lowest BCUT2D eigenvalue weighted by Gasteiger charge is -2.21. The zero-order valence-corrected chi connectivity index (χ0v) is 25.3. The number of anilines is 1. The van der Waals surface area contributed by atoms with Gasteiger partial charge in [-0.1, -0.05) is 78.9 Å². The van der Waals surface area contributed by atoms with Crippen LogP contribution in [0.15, 0.2) is 115 Å². The largest absolute Gasteiger partial charge is 0.492 e. The Morgan fingerprint density at radius 1 is 0.822 bits per heavy atom. The molecule has 1 unspecified atom stereocenters. The number of benzene rings is 4. The summed E-state index contributed by atoms with van der Waals surface area (Å²) >= 11 is 0. The summed E-state index contributed by atoms with van der Waals surface area (Å²) in [6.07, 6.45) is 0.331. The summed E-state index contributed by atoms with van der Waals surface area (Å²) in [5, 5.41) is 4.22. The molecule has 1 N–H and O–H groups in total. The molecule has 5 rings (SSSR count). The van der Waals surface area contributed by atoms with E-state index in [1.165, 1.54) is 7.11 Å². The van der Waals surface area contributed by atoms with E-state index in [9.17, 15) is 14.4 Å². The summed E-state index contributed by atoms with van der Waals surface area (Å²) in [6, 6.07) is 34.2. The highest BCUT2D eigenvalue weighted by atomic mass is 16.5. The topological polar surface area (TPSA) is 97.8 Å². The Morgan fingerprint density at radius 3 is 2.29 bits per heavy atom. The van der Waals surface area contributed by atoms with Gasteiger partial charge in [0, 0.05) is 35.2 Å². The van der Waals surface area contributed by atoms with E-state index < -0.39 is 12.0 Å². The highest BCUT2D eigenvalue weighted by Gasteiger charge is 2.23. The first-order chi connectivity index (χ1) is 22.0. The van der Waals surface area contributed by atoms with Gasteiger partial charge in [0.15, 0.2) is 5.78 Å². The van der Waals surface area contributed by atoms with Crippen LogP contribution >= 0.6 is 0 Å². The molecule has 0 aliphatic heterocycles. The van der Waals surface area contributed by atoms with Crippen molar-refractivity contribution in [2.45, 2.75) is 19.4 Å². The predicted molar refractivity (Wildman–Crippen MR) is 175 cm³/mol. The summed E-state index contributed by atoms with van der Waals surface area (Å²) < 4.78 is 11.0. The van der Waals surface area contributed by atoms with Crippen molar-refractivity contribution in [1.29, 1.82) is 0 Å². The third-order valence-electron chi connectivity index (χ3n) is 7.50. The predicted octanol–water partition coefficient (Wildman–Crippen LogP) is 6.20. The highest BCUT2D eigenvalue weighted by molar-refractivity contribution is 6.12. The number of hydrogen-bond donors (Lipinski definition) is 1. The molecule has 228 valence electrons. The molecular formula is C37H35N3O5. The fraction of sp³-hybridized carbons (Fsp3) is 0.189. The molecule has 4 aromatic carbocycles. The van der Waals surface area contributed by atoms with Crippen LogP contribution in [0.5, 0.6) is 5.75 Å². The summed E-state index contributed by atoms with van der Waals surface area (Å²) in [6.45, 7) is 3.17. The summed E-state index contributed by atoms with van der Waals surface area (Å²) in [7, 11) is 1.34. The molecule has 0 saturated carbocycles. The van der Waals surface area contributed by atoms with Crippen molar-refractivity contribution >= 4 is 34.3 Å². The molecule has 1 amide bonds. The van der Waals surface area contributed by atoms with Gasteiger partial charge in [-0.05, 0) is 48.9 Å². The van der Waals surface area contributed by atoms with Crippen molar-refractivity contribution in [1.82, 2.24) is 9.88 Å². The van der Waals surface area contributed by atoms with Crippen molar-refractivity contribution in [2.24, 2.45) is 0 Å². The Bertz CT molecular complexity index is 1770. The SMILES string of the molecule is CCN(CCOc1ccc(CC(Nc2ccccc2C(=O)c2ccccc2)C(=O)OC)cc1)C(=O)c1ccc2ccccc2n1. The summed E-state index contributed by atoms with van der Waals surface area (Å²) in [5.74, 6) is -0.0775. The quantitative estimate of drug-likeness (QED) is 0.127. The maximum absolute atomic E-state index is 13.2. The fourth-order valence-corrected chi connectivity index (χ4v) is 5.06. The summed E-state index contributed by atoms with van der Waals surface area (Å²) in [4.78, 5) is 45.3. The lowest BCUT2D eigenvalue weighted by Crippen LogP contribution is -2.35. The van der Waals surface area contributed by atoms with Crippen LogP contribution in [0.25, 0.3) is 10.9 Å². The molecule has 0 fully saturated rings. The first-order valence-electron chi connectivity index (χ1n) is 14.9. The van der Waals surface area contributed by atoms with Crippen LogP contribution in [-0.2, 0) is 16.0 Å². The van der Waals surface area contributed by atoms with Gasteiger partial charge in [0.1, 0.15) is 24.1 Å². The summed E-state index contributed by atoms with van der Waals surface area (Å²) in [5.41, 5.74) is 3.65. The number of amides is 1. The van der Waals surface area contributed by atoms with Gasteiger partial charge in [0.05, 0.1) is 19.2 Å². The smallest absolute Gasteiger partial charge is 0.328 e. The molecule has 0 saturated heterocycles. The van der Waals surface area contributed by atoms with Crippen LogP contribution in [0.2, 0.25) is 0 Å². The monoisotopic (exact) mass is 601 g/mol. The number of nitrogens with zero attached hydrogens (tertiary/aromatic N) is 2. The first kappa shape index (κ1) is 30.9. The normalized spacial score (nSPS) is 11.4. The molecule has 5 aromatic rings. The fourth-order valence-electron chi connectivity index (χ4n) is 5.06. The van der Waals surface area contributed by atoms with E-state index in [1.807, 2.05) is 85.8 Å². The minimum absolute atomic E-state index is 0.138. The van der Waals surface area contributed by atoms with Crippen LogP contribution in [-0.4, -0.2) is 60.4 Å². The number of nitrogens with one attached hydrogen (secondary N) is 1. The number of pyridine rings is 1. The standard InChI is InChI=1S/C37H35N3O5/c1-3-40(36(42)33-22-19-27-11-7-9-15-31(27)38-33)23-24-45-29-20-17-26(18-21-29)25-34(37(43)44-2)39-32-16-10-8-14-30(32)35(41)28-12-5-4-6-13-28/h4-22,34,39H,3,23-25H2,1-2H3. The molecule has 0 radical (unpaired) electrons. The third kappa shape index (κ3) is 7.72. The number of para-hydroxylation sites is 2. The Labute approximate surface area is 262 Å². The second kappa shape index (κ2) is 14.8. The minimum atomic E-state index is -0.723. The van der Waals surface area contributed by atoms with Crippen molar-refractivity contribution in [2.75, 3.05) is 32.1 Å². The molecule has 8 heteroatoms. The number of carbonyl (C=O) groups is 3. The number of rotatable bonds is 13. The maximum atomic E-state index is 13.2. The van der Waals surface area contributed by atoms with E-state index in [0.717, 1.165) is 16.5 Å². The zero-order chi connectivity index (χ0) is 31.6. The molecular weight excluding hydrogens is 566 g/mol. The van der Waals surface area contributed by atoms with Crippen molar-refractivity contribution in [3.8, 4) is 5.75 Å². The van der Waals surface area contributed by atoms with E-state index >= 15 is 0 Å². The number of fused-ring (bicyclic) bond motifs is 1. The average Bonchev–Trinajstić information content (AvgIpc) is 3.10. The van der Waals surface area contributed by atoms with Gasteiger partial charge in [-0.3, -0.25) is 9.59 Å². The molecule has 8 nitrogen and oxygen atoms in total. The molecule has 45 heavy (non-hydrogen) atoms. The van der Waals surface area contributed by atoms with Gasteiger partial charge < -0.3 is 19.7 Å². The van der Waals surface area contributed by atoms with Crippen molar-refractivity contribution in [3.05, 3.63) is 138 Å². The van der Waals surface area contributed by atoms with E-state index in [4.69, 9.17) is 9.47 Å². The molecule has 1 heterocycles. The molecule has 0 spiro atoms. The van der Waals surface area contributed by atoms with Crippen molar-refractivity contribution < 1.29 is 23.9 Å². The molecule has 0 aliphatic rings. The number of ketones is 1. The molecule has 0 bridgehead atoms. The lowest BCUT2D eigenvalue weighted by atomic mass is 10.00. The van der Waals surface area contributed by atoms with Crippen LogP contribution in [0, 0.1) is 0 Å². The Morgan fingerprint density at radius 2 is 1.53 bits per heavy atom. The number of aromatic nitrogens is 1. The van der Waals surface area contributed by atoms with Crippen LogP contribution < -0.4 is 10.1 Å². The van der Waals surface area contributed by atoms with E-state index in [1.54, 1.807) is 41.3 Å². The van der Waals surface area contributed by atoms with E-state index in [-0.39, 0.29) is 11.7 Å². The van der Waals surface area contributed by atoms with Gasteiger partial charge in [0.2, 0.25) is 0 Å². The lowest BCUT2D eigenvalue weighted by molar-refractivity contribution is -0.141. The van der Waals surface area contributed by atoms with Crippen LogP contribution in [0.1, 0.15) is 38.9 Å². The first-order valence-corrected chi connectivity index (χ1v) is 14.9. The van der Waals surface area contributed by atoms with Gasteiger partial charge in [0.25, 0.3) is 5.91 Å². The number of carbonyl (C=O) groups excluding carboxylic acids is 3. The number of hydrogen-bond acceptors (Lipinski definition) is 7. The molecule has 1 aromatic heterocycles. The Hall–Kier alpha value is -5.50. The van der Waals surface area contributed by atoms with E-state index in [2.05, 4.69) is 10.3 Å². The van der Waals surface area contributed by atoms with Gasteiger partial charge in [-0.25, -0.2) is 9.78 Å². The highest BCUT2D eigenvalue weighted by Crippen LogP contribution is 2.22. The number of methoxy groups -OCH3 is 1. The van der Waals surface area contributed by atoms with Crippen molar-refractivity contribution in [3.63, 3.8) is 0 Å². The van der Waals surface area contributed by atoms with Crippen LogP contribution in [0.3, 0.4) is 0 Å². The Kier molecular flexibility index (Phi) is 10.2. The minimum Gasteiger partial charge on any atom is -0.492 e. The van der Waals surface area contributed by atoms with Gasteiger partial charge in [-0.2, -0.15) is 0 Å². The second-order valence-corrected chi connectivity index (χ2v) is 10.4. The number of likely N-dealkylation sites (N-methyl/N-ethyl adjacent to an activating group) is 1. The van der Waals surface area contributed by atoms with Gasteiger partial charge >= 0.3 is 5.97 Å². The Balaban J connectivity index is 1.20.